The number of carbonyl (C=O) groups excluding carboxylic acids is 1. The van der Waals surface area contributed by atoms with Crippen molar-refractivity contribution in [3.63, 3.8) is 0 Å². The highest BCUT2D eigenvalue weighted by Crippen LogP contribution is 2.34. The Bertz CT molecular complexity index is 1750. The van der Waals surface area contributed by atoms with Crippen molar-refractivity contribution in [3.8, 4) is 28.6 Å². The molecule has 0 unspecified atom stereocenters. The van der Waals surface area contributed by atoms with Gasteiger partial charge in [-0.2, -0.15) is 0 Å². The minimum Gasteiger partial charge on any atom is -0.507 e. The number of hydrogen-bond acceptors (Lipinski definition) is 17. The Kier molecular flexibility index (Phi) is 10.4. The predicted octanol–water partition coefficient (Wildman–Crippen LogP) is -2.36. The van der Waals surface area contributed by atoms with Crippen LogP contribution < -0.4 is 14.9 Å². The van der Waals surface area contributed by atoms with Gasteiger partial charge in [0, 0.05) is 23.8 Å². The van der Waals surface area contributed by atoms with Gasteiger partial charge >= 0.3 is 17.9 Å². The molecule has 2 aromatic carbocycles. The van der Waals surface area contributed by atoms with Crippen LogP contribution in [-0.4, -0.2) is 132 Å². The molecule has 2 aliphatic rings. The summed E-state index contributed by atoms with van der Waals surface area (Å²) < 4.78 is 32.1. The van der Waals surface area contributed by atoms with Crippen LogP contribution in [0.5, 0.6) is 17.2 Å². The van der Waals surface area contributed by atoms with Gasteiger partial charge in [-0.05, 0) is 24.3 Å². The van der Waals surface area contributed by atoms with Gasteiger partial charge < -0.3 is 74.1 Å². The van der Waals surface area contributed by atoms with Crippen molar-refractivity contribution < 1.29 is 88.4 Å². The van der Waals surface area contributed by atoms with Crippen molar-refractivity contribution in [2.24, 2.45) is 0 Å². The maximum absolute atomic E-state index is 12.9. The molecular formula is C30H30O19. The third kappa shape index (κ3) is 7.58. The molecule has 5 rings (SSSR count). The summed E-state index contributed by atoms with van der Waals surface area (Å²) >= 11 is 0. The molecule has 0 bridgehead atoms. The number of benzene rings is 2. The molecule has 1 aromatic heterocycles. The van der Waals surface area contributed by atoms with E-state index in [0.717, 1.165) is 18.2 Å². The van der Waals surface area contributed by atoms with Gasteiger partial charge in [-0.15, -0.1) is 0 Å². The molecule has 2 saturated heterocycles. The maximum Gasteiger partial charge on any atom is 0.335 e. The zero-order valence-electron chi connectivity index (χ0n) is 24.8. The number of ether oxygens (including phenoxy) is 5. The molecule has 3 aromatic rings. The Morgan fingerprint density at radius 1 is 0.735 bits per heavy atom. The first-order valence-corrected chi connectivity index (χ1v) is 14.4. The third-order valence-electron chi connectivity index (χ3n) is 7.61. The van der Waals surface area contributed by atoms with E-state index >= 15 is 0 Å². The van der Waals surface area contributed by atoms with Crippen LogP contribution in [-0.2, 0) is 28.6 Å². The number of phenolic OH excluding ortho intramolecular Hbond substituents is 1. The number of fused-ring (bicyclic) bond motifs is 1. The van der Waals surface area contributed by atoms with E-state index in [4.69, 9.17) is 33.2 Å². The largest absolute Gasteiger partial charge is 0.507 e. The quantitative estimate of drug-likeness (QED) is 0.0792. The Balaban J connectivity index is 1.32. The smallest absolute Gasteiger partial charge is 0.335 e. The van der Waals surface area contributed by atoms with Crippen LogP contribution >= 0.6 is 0 Å². The third-order valence-corrected chi connectivity index (χ3v) is 7.61. The summed E-state index contributed by atoms with van der Waals surface area (Å²) in [5.41, 5.74) is -0.589. The average molecular weight is 695 g/mol. The standard InChI is InChI=1S/C30H30O19/c31-13-5-12(46-30-26(41)23(38)24(39)27(49-30)28(42)43)6-16-20(13)14(32)7-15(47-16)10-1-3-11(4-2-10)45-29-25(40)22(37)21(36)17(48-29)9-44-19(35)8-18(33)34/h1-7,17,21-27,29-31,36-41H,8-9H2,(H,33,34)(H,42,43)/t17-,21-,22-,23+,24+,25-,26-,27+,29-,30+/m0/s1. The van der Waals surface area contributed by atoms with E-state index in [0.29, 0.717) is 5.56 Å². The molecule has 19 heteroatoms. The second-order valence-electron chi connectivity index (χ2n) is 11.1. The summed E-state index contributed by atoms with van der Waals surface area (Å²) in [5, 5.41) is 89.2. The van der Waals surface area contributed by atoms with Gasteiger partial charge in [0.25, 0.3) is 0 Å². The SMILES string of the molecule is O=C(O)CC(=O)OC[C@@H]1O[C@H](Oc2ccc(-c3cc(=O)c4c(O)cc(O[C@@H]5O[C@@H](C(=O)O)[C@H](O)[C@@H](O)[C@@H]5O)cc4o3)cc2)[C@@H](O)[C@@H](O)[C@H]1O. The number of phenols is 1. The van der Waals surface area contributed by atoms with Crippen LogP contribution in [0.15, 0.2) is 51.7 Å². The van der Waals surface area contributed by atoms with E-state index in [1.165, 1.54) is 24.3 Å². The summed E-state index contributed by atoms with van der Waals surface area (Å²) in [6.45, 7) is -0.651. The van der Waals surface area contributed by atoms with E-state index in [1.54, 1.807) is 0 Å². The lowest BCUT2D eigenvalue weighted by Crippen LogP contribution is -2.61. The average Bonchev–Trinajstić information content (AvgIpc) is 3.04. The molecule has 0 saturated carbocycles. The van der Waals surface area contributed by atoms with Gasteiger partial charge in [0.05, 0.1) is 0 Å². The lowest BCUT2D eigenvalue weighted by molar-refractivity contribution is -0.278. The number of aliphatic hydroxyl groups excluding tert-OH is 6. The molecule has 3 heterocycles. The zero-order valence-corrected chi connectivity index (χ0v) is 24.8. The van der Waals surface area contributed by atoms with Gasteiger partial charge in [0.2, 0.25) is 12.6 Å². The van der Waals surface area contributed by atoms with Crippen molar-refractivity contribution in [1.82, 2.24) is 0 Å². The molecular weight excluding hydrogens is 664 g/mol. The Morgan fingerprint density at radius 2 is 1.35 bits per heavy atom. The van der Waals surface area contributed by atoms with Crippen molar-refractivity contribution in [2.75, 3.05) is 6.61 Å². The summed E-state index contributed by atoms with van der Waals surface area (Å²) in [7, 11) is 0. The molecule has 0 amide bonds. The lowest BCUT2D eigenvalue weighted by Gasteiger charge is -2.39. The van der Waals surface area contributed by atoms with Gasteiger partial charge in [0.1, 0.15) is 89.7 Å². The van der Waals surface area contributed by atoms with E-state index in [2.05, 4.69) is 0 Å². The van der Waals surface area contributed by atoms with E-state index in [-0.39, 0.29) is 28.2 Å². The summed E-state index contributed by atoms with van der Waals surface area (Å²) in [4.78, 5) is 46.5. The number of carboxylic acid groups (broad SMARTS) is 2. The van der Waals surface area contributed by atoms with Crippen LogP contribution in [0.2, 0.25) is 0 Å². The minimum atomic E-state index is -1.96. The second kappa shape index (κ2) is 14.3. The first-order valence-electron chi connectivity index (χ1n) is 14.4. The molecule has 2 aliphatic heterocycles. The summed E-state index contributed by atoms with van der Waals surface area (Å²) in [5.74, 6) is -5.03. The highest BCUT2D eigenvalue weighted by atomic mass is 16.7. The van der Waals surface area contributed by atoms with Gasteiger partial charge in [-0.25, -0.2) is 4.79 Å². The number of aromatic hydroxyl groups is 1. The predicted molar refractivity (Wildman–Crippen MR) is 155 cm³/mol. The molecule has 19 nitrogen and oxygen atoms in total. The molecule has 0 aliphatic carbocycles. The molecule has 2 fully saturated rings. The molecule has 9 N–H and O–H groups in total. The van der Waals surface area contributed by atoms with E-state index in [9.17, 15) is 60.0 Å². The Labute approximate surface area is 273 Å². The number of esters is 1. The van der Waals surface area contributed by atoms with E-state index in [1.807, 2.05) is 0 Å². The number of aliphatic hydroxyl groups is 6. The first-order chi connectivity index (χ1) is 23.1. The molecule has 0 spiro atoms. The number of hydrogen-bond donors (Lipinski definition) is 9. The first kappa shape index (κ1) is 35.4. The monoisotopic (exact) mass is 694 g/mol. The fraction of sp³-hybridized carbons (Fsp3) is 0.400. The van der Waals surface area contributed by atoms with Gasteiger partial charge in [-0.1, -0.05) is 0 Å². The van der Waals surface area contributed by atoms with Crippen LogP contribution in [0.3, 0.4) is 0 Å². The van der Waals surface area contributed by atoms with Crippen LogP contribution in [0, 0.1) is 0 Å². The van der Waals surface area contributed by atoms with Gasteiger partial charge in [0.15, 0.2) is 11.5 Å². The zero-order chi connectivity index (χ0) is 35.7. The molecule has 49 heavy (non-hydrogen) atoms. The topological polar surface area (TPSA) is 310 Å². The van der Waals surface area contributed by atoms with Crippen molar-refractivity contribution in [1.29, 1.82) is 0 Å². The Hall–Kier alpha value is -4.86. The molecule has 0 radical (unpaired) electrons. The van der Waals surface area contributed by atoms with Gasteiger partial charge in [-0.3, -0.25) is 14.4 Å². The summed E-state index contributed by atoms with van der Waals surface area (Å²) in [6.07, 6.45) is -18.7. The fourth-order valence-electron chi connectivity index (χ4n) is 5.07. The van der Waals surface area contributed by atoms with Crippen LogP contribution in [0.4, 0.5) is 0 Å². The van der Waals surface area contributed by atoms with E-state index < -0.39 is 104 Å². The number of rotatable bonds is 10. The van der Waals surface area contributed by atoms with Crippen LogP contribution in [0.25, 0.3) is 22.3 Å². The molecule has 264 valence electrons. The van der Waals surface area contributed by atoms with Crippen molar-refractivity contribution >= 4 is 28.9 Å². The van der Waals surface area contributed by atoms with Crippen molar-refractivity contribution in [3.05, 3.63) is 52.7 Å². The highest BCUT2D eigenvalue weighted by Gasteiger charge is 2.48. The highest BCUT2D eigenvalue weighted by molar-refractivity contribution is 5.90. The Morgan fingerprint density at radius 3 is 1.98 bits per heavy atom. The fourth-order valence-corrected chi connectivity index (χ4v) is 5.07. The number of carboxylic acids is 2. The maximum atomic E-state index is 12.9. The normalized spacial score (nSPS) is 30.0. The number of aliphatic carboxylic acids is 2. The van der Waals surface area contributed by atoms with Crippen LogP contribution in [0.1, 0.15) is 6.42 Å². The number of carbonyl (C=O) groups is 3. The lowest BCUT2D eigenvalue weighted by atomic mass is 9.99. The minimum absolute atomic E-state index is 0.0187. The second-order valence-corrected chi connectivity index (χ2v) is 11.1. The summed E-state index contributed by atoms with van der Waals surface area (Å²) in [6, 6.07) is 8.77. The molecule has 10 atom stereocenters. The van der Waals surface area contributed by atoms with Crippen molar-refractivity contribution in [2.45, 2.75) is 67.8 Å².